The largest absolute Gasteiger partial charge is 0.459 e. The van der Waals surface area contributed by atoms with E-state index in [1.807, 2.05) is 0 Å². The van der Waals surface area contributed by atoms with Crippen LogP contribution in [0.2, 0.25) is 0 Å². The Balaban J connectivity index is 3.31. The zero-order chi connectivity index (χ0) is 12.8. The van der Waals surface area contributed by atoms with Crippen LogP contribution in [0.4, 0.5) is 22.0 Å². The van der Waals surface area contributed by atoms with Gasteiger partial charge < -0.3 is 0 Å². The standard InChI is InChI=1S/C8H10F5N3/c1-6(2,3)4-5(15-16-14-4)7(9,10)8(11,12)13/h1-3H3,(H,14,15,16). The van der Waals surface area contributed by atoms with Gasteiger partial charge in [0.1, 0.15) is 5.69 Å². The van der Waals surface area contributed by atoms with Crippen molar-refractivity contribution in [1.82, 2.24) is 15.4 Å². The molecule has 1 heterocycles. The highest BCUT2D eigenvalue weighted by Crippen LogP contribution is 2.45. The zero-order valence-corrected chi connectivity index (χ0v) is 8.78. The highest BCUT2D eigenvalue weighted by molar-refractivity contribution is 5.23. The third-order valence-corrected chi connectivity index (χ3v) is 1.93. The van der Waals surface area contributed by atoms with Crippen molar-refractivity contribution in [1.29, 1.82) is 0 Å². The smallest absolute Gasteiger partial charge is 0.255 e. The van der Waals surface area contributed by atoms with E-state index in [-0.39, 0.29) is 0 Å². The van der Waals surface area contributed by atoms with E-state index in [2.05, 4.69) is 10.3 Å². The van der Waals surface area contributed by atoms with Gasteiger partial charge in [0.05, 0.1) is 5.69 Å². The van der Waals surface area contributed by atoms with Crippen LogP contribution in [0.25, 0.3) is 0 Å². The van der Waals surface area contributed by atoms with Gasteiger partial charge in [-0.15, -0.1) is 5.10 Å². The van der Waals surface area contributed by atoms with Crippen molar-refractivity contribution in [3.8, 4) is 0 Å². The van der Waals surface area contributed by atoms with E-state index in [9.17, 15) is 22.0 Å². The lowest BCUT2D eigenvalue weighted by Crippen LogP contribution is -2.36. The molecule has 0 aromatic carbocycles. The normalized spacial score (nSPS) is 14.2. The Morgan fingerprint density at radius 1 is 1.00 bits per heavy atom. The monoisotopic (exact) mass is 243 g/mol. The molecule has 0 aliphatic carbocycles. The molecule has 3 nitrogen and oxygen atoms in total. The summed E-state index contributed by atoms with van der Waals surface area (Å²) in [5.41, 5.74) is -2.64. The summed E-state index contributed by atoms with van der Waals surface area (Å²) < 4.78 is 62.5. The van der Waals surface area contributed by atoms with E-state index in [4.69, 9.17) is 0 Å². The molecule has 8 heteroatoms. The van der Waals surface area contributed by atoms with Crippen LogP contribution >= 0.6 is 0 Å². The Labute approximate surface area is 88.0 Å². The molecular formula is C8H10F5N3. The van der Waals surface area contributed by atoms with Crippen molar-refractivity contribution < 1.29 is 22.0 Å². The number of halogens is 5. The van der Waals surface area contributed by atoms with Crippen LogP contribution in [0.5, 0.6) is 0 Å². The third kappa shape index (κ3) is 2.00. The first-order valence-corrected chi connectivity index (χ1v) is 4.34. The van der Waals surface area contributed by atoms with Gasteiger partial charge in [0, 0.05) is 5.41 Å². The number of H-pyrrole nitrogens is 1. The van der Waals surface area contributed by atoms with Gasteiger partial charge in [-0.1, -0.05) is 26.0 Å². The van der Waals surface area contributed by atoms with Crippen molar-refractivity contribution in [3.63, 3.8) is 0 Å². The summed E-state index contributed by atoms with van der Waals surface area (Å²) >= 11 is 0. The van der Waals surface area contributed by atoms with Crippen LogP contribution in [0, 0.1) is 0 Å². The topological polar surface area (TPSA) is 41.6 Å². The molecule has 0 atom stereocenters. The quantitative estimate of drug-likeness (QED) is 0.770. The molecule has 0 saturated carbocycles. The summed E-state index contributed by atoms with van der Waals surface area (Å²) in [4.78, 5) is 0. The summed E-state index contributed by atoms with van der Waals surface area (Å²) in [6.07, 6.45) is -5.67. The highest BCUT2D eigenvalue weighted by Gasteiger charge is 2.61. The molecule has 0 aliphatic rings. The van der Waals surface area contributed by atoms with Crippen molar-refractivity contribution in [2.45, 2.75) is 38.3 Å². The van der Waals surface area contributed by atoms with E-state index in [1.54, 1.807) is 5.10 Å². The second-order valence-electron chi connectivity index (χ2n) is 4.36. The fourth-order valence-corrected chi connectivity index (χ4v) is 1.11. The average Bonchev–Trinajstić information content (AvgIpc) is 2.47. The Kier molecular flexibility index (Phi) is 2.73. The van der Waals surface area contributed by atoms with Gasteiger partial charge in [-0.2, -0.15) is 22.0 Å². The molecule has 0 aliphatic heterocycles. The van der Waals surface area contributed by atoms with Crippen molar-refractivity contribution in [2.24, 2.45) is 0 Å². The Bertz CT molecular complexity index is 374. The minimum Gasteiger partial charge on any atom is -0.255 e. The summed E-state index contributed by atoms with van der Waals surface area (Å²) in [5, 5.41) is 7.92. The van der Waals surface area contributed by atoms with Crippen LogP contribution in [-0.4, -0.2) is 21.6 Å². The van der Waals surface area contributed by atoms with Crippen LogP contribution in [-0.2, 0) is 11.3 Å². The molecule has 0 spiro atoms. The molecular weight excluding hydrogens is 233 g/mol. The van der Waals surface area contributed by atoms with Crippen LogP contribution in [0.3, 0.4) is 0 Å². The third-order valence-electron chi connectivity index (χ3n) is 1.93. The lowest BCUT2D eigenvalue weighted by Gasteiger charge is -2.22. The predicted octanol–water partition coefficient (Wildman–Crippen LogP) is 2.76. The van der Waals surface area contributed by atoms with Gasteiger partial charge in [0.15, 0.2) is 0 Å². The predicted molar refractivity (Wildman–Crippen MR) is 45.0 cm³/mol. The number of aromatic nitrogens is 3. The number of hydrogen-bond donors (Lipinski definition) is 1. The molecule has 92 valence electrons. The summed E-state index contributed by atoms with van der Waals surface area (Å²) in [5.74, 6) is -4.97. The van der Waals surface area contributed by atoms with Crippen molar-refractivity contribution in [3.05, 3.63) is 11.4 Å². The molecule has 1 aromatic rings. The molecule has 0 amide bonds. The minimum absolute atomic E-state index is 0.394. The van der Waals surface area contributed by atoms with Gasteiger partial charge in [-0.3, -0.25) is 5.10 Å². The van der Waals surface area contributed by atoms with Gasteiger partial charge in [-0.05, 0) is 0 Å². The average molecular weight is 243 g/mol. The van der Waals surface area contributed by atoms with E-state index < -0.39 is 28.9 Å². The molecule has 1 rings (SSSR count). The molecule has 0 bridgehead atoms. The zero-order valence-electron chi connectivity index (χ0n) is 8.78. The first kappa shape index (κ1) is 12.9. The van der Waals surface area contributed by atoms with Crippen LogP contribution in [0.15, 0.2) is 0 Å². The highest BCUT2D eigenvalue weighted by atomic mass is 19.4. The van der Waals surface area contributed by atoms with Crippen LogP contribution < -0.4 is 0 Å². The first-order chi connectivity index (χ1) is 6.98. The van der Waals surface area contributed by atoms with E-state index in [0.717, 1.165) is 0 Å². The molecule has 0 unspecified atom stereocenters. The second-order valence-corrected chi connectivity index (χ2v) is 4.36. The number of hydrogen-bond acceptors (Lipinski definition) is 2. The van der Waals surface area contributed by atoms with E-state index in [1.165, 1.54) is 20.8 Å². The number of alkyl halides is 5. The summed E-state index contributed by atoms with van der Waals surface area (Å²) in [7, 11) is 0. The van der Waals surface area contributed by atoms with Crippen LogP contribution in [0.1, 0.15) is 32.2 Å². The maximum Gasteiger partial charge on any atom is 0.459 e. The van der Waals surface area contributed by atoms with E-state index >= 15 is 0 Å². The second kappa shape index (κ2) is 3.39. The Morgan fingerprint density at radius 2 is 1.50 bits per heavy atom. The molecule has 0 saturated heterocycles. The molecule has 16 heavy (non-hydrogen) atoms. The number of aromatic amines is 1. The molecule has 0 radical (unpaired) electrons. The number of nitrogens with zero attached hydrogens (tertiary/aromatic N) is 2. The maximum atomic E-state index is 13.1. The fourth-order valence-electron chi connectivity index (χ4n) is 1.11. The Hall–Kier alpha value is -1.21. The molecule has 1 N–H and O–H groups in total. The lowest BCUT2D eigenvalue weighted by atomic mass is 9.89. The van der Waals surface area contributed by atoms with Gasteiger partial charge in [0.2, 0.25) is 0 Å². The fraction of sp³-hybridized carbons (Fsp3) is 0.750. The number of rotatable bonds is 1. The van der Waals surface area contributed by atoms with Gasteiger partial charge in [-0.25, -0.2) is 0 Å². The maximum absolute atomic E-state index is 13.1. The van der Waals surface area contributed by atoms with Crippen molar-refractivity contribution in [2.75, 3.05) is 0 Å². The SMILES string of the molecule is CC(C)(C)c1nn[nH]c1C(F)(F)C(F)(F)F. The lowest BCUT2D eigenvalue weighted by molar-refractivity contribution is -0.291. The van der Waals surface area contributed by atoms with E-state index in [0.29, 0.717) is 0 Å². The first-order valence-electron chi connectivity index (χ1n) is 4.34. The number of nitrogens with one attached hydrogen (secondary N) is 1. The minimum atomic E-state index is -5.67. The van der Waals surface area contributed by atoms with Gasteiger partial charge in [0.25, 0.3) is 0 Å². The van der Waals surface area contributed by atoms with Crippen molar-refractivity contribution >= 4 is 0 Å². The summed E-state index contributed by atoms with van der Waals surface area (Å²) in [6.45, 7) is 4.42. The molecule has 1 aromatic heterocycles. The molecule has 0 fully saturated rings. The Morgan fingerprint density at radius 3 is 1.88 bits per heavy atom. The van der Waals surface area contributed by atoms with Gasteiger partial charge >= 0.3 is 12.1 Å². The summed E-state index contributed by atoms with van der Waals surface area (Å²) in [6, 6.07) is 0.